The van der Waals surface area contributed by atoms with Crippen LogP contribution in [-0.4, -0.2) is 30.6 Å². The highest BCUT2D eigenvalue weighted by atomic mass is 16.5. The third-order valence-corrected chi connectivity index (χ3v) is 5.56. The fraction of sp³-hybridized carbons (Fsp3) is 0.364. The minimum absolute atomic E-state index is 0.0159. The second-order valence-electron chi connectivity index (χ2n) is 7.03. The topological polar surface area (TPSA) is 38.5 Å². The van der Waals surface area contributed by atoms with Gasteiger partial charge in [0.05, 0.1) is 11.6 Å². The number of hydrogen-bond acceptors (Lipinski definition) is 3. The average Bonchev–Trinajstić information content (AvgIpc) is 3.27. The van der Waals surface area contributed by atoms with Gasteiger partial charge in [-0.05, 0) is 55.1 Å². The zero-order valence-electron chi connectivity index (χ0n) is 14.4. The van der Waals surface area contributed by atoms with E-state index in [1.54, 1.807) is 0 Å². The third-order valence-electron chi connectivity index (χ3n) is 5.56. The van der Waals surface area contributed by atoms with E-state index in [1.807, 2.05) is 24.3 Å². The van der Waals surface area contributed by atoms with Crippen molar-refractivity contribution in [3.63, 3.8) is 0 Å². The molecule has 0 amide bonds. The predicted octanol–water partition coefficient (Wildman–Crippen LogP) is 2.99. The van der Waals surface area contributed by atoms with Crippen molar-refractivity contribution < 1.29 is 4.74 Å². The minimum Gasteiger partial charge on any atom is -0.483 e. The van der Waals surface area contributed by atoms with E-state index in [0.29, 0.717) is 12.0 Å². The van der Waals surface area contributed by atoms with Crippen LogP contribution in [0.3, 0.4) is 0 Å². The Kier molecular flexibility index (Phi) is 4.48. The lowest BCUT2D eigenvalue weighted by Crippen LogP contribution is -2.39. The zero-order chi connectivity index (χ0) is 17.2. The fourth-order valence-electron chi connectivity index (χ4n) is 4.18. The van der Waals surface area contributed by atoms with Crippen LogP contribution in [0, 0.1) is 18.3 Å². The first-order chi connectivity index (χ1) is 12.3. The van der Waals surface area contributed by atoms with E-state index in [9.17, 15) is 0 Å². The maximum absolute atomic E-state index is 6.50. The van der Waals surface area contributed by atoms with Crippen LogP contribution in [0.2, 0.25) is 0 Å². The number of para-hydroxylation sites is 1. The van der Waals surface area contributed by atoms with Gasteiger partial charge in [0, 0.05) is 6.54 Å². The van der Waals surface area contributed by atoms with E-state index in [0.717, 1.165) is 37.4 Å². The van der Waals surface area contributed by atoms with Gasteiger partial charge in [0.1, 0.15) is 11.9 Å². The number of fused-ring (bicyclic) bond motifs is 1. The summed E-state index contributed by atoms with van der Waals surface area (Å²) in [6, 6.07) is 16.8. The molecule has 0 saturated carbocycles. The number of nitrogens with zero attached hydrogens (tertiary/aromatic N) is 1. The lowest BCUT2D eigenvalue weighted by atomic mass is 10.1. The van der Waals surface area contributed by atoms with Crippen molar-refractivity contribution in [3.05, 3.63) is 65.2 Å². The molecular formula is C22H24N2O. The molecule has 2 aromatic carbocycles. The average molecular weight is 332 g/mol. The molecule has 2 N–H and O–H groups in total. The maximum atomic E-state index is 6.50. The fourth-order valence-corrected chi connectivity index (χ4v) is 4.18. The number of hydrogen-bond donors (Lipinski definition) is 1. The highest BCUT2D eigenvalue weighted by Gasteiger charge is 2.40. The molecule has 1 fully saturated rings. The number of ether oxygens (including phenoxy) is 1. The van der Waals surface area contributed by atoms with Gasteiger partial charge in [-0.3, -0.25) is 4.90 Å². The Morgan fingerprint density at radius 3 is 2.76 bits per heavy atom. The SMILES string of the molecule is C#Cc1ccccc1OC1c2ccccc2CC1N1CCC(CN)C1. The second kappa shape index (κ2) is 6.92. The van der Waals surface area contributed by atoms with E-state index in [-0.39, 0.29) is 6.10 Å². The molecule has 0 radical (unpaired) electrons. The summed E-state index contributed by atoms with van der Waals surface area (Å²) in [4.78, 5) is 2.56. The van der Waals surface area contributed by atoms with Gasteiger partial charge in [-0.1, -0.05) is 42.3 Å². The Morgan fingerprint density at radius 2 is 1.96 bits per heavy atom. The van der Waals surface area contributed by atoms with Crippen molar-refractivity contribution in [3.8, 4) is 18.1 Å². The number of rotatable bonds is 4. The highest BCUT2D eigenvalue weighted by molar-refractivity contribution is 5.46. The van der Waals surface area contributed by atoms with Crippen molar-refractivity contribution >= 4 is 0 Å². The highest BCUT2D eigenvalue weighted by Crippen LogP contribution is 2.40. The van der Waals surface area contributed by atoms with Crippen molar-refractivity contribution in [2.75, 3.05) is 19.6 Å². The molecule has 2 aromatic rings. The Balaban J connectivity index is 1.65. The molecule has 0 bridgehead atoms. The monoisotopic (exact) mass is 332 g/mol. The van der Waals surface area contributed by atoms with Crippen LogP contribution in [0.25, 0.3) is 0 Å². The Bertz CT molecular complexity index is 795. The summed E-state index contributed by atoms with van der Waals surface area (Å²) in [5.74, 6) is 4.14. The molecule has 3 nitrogen and oxygen atoms in total. The van der Waals surface area contributed by atoms with Crippen molar-refractivity contribution in [1.82, 2.24) is 4.90 Å². The predicted molar refractivity (Wildman–Crippen MR) is 100 cm³/mol. The molecule has 3 heteroatoms. The first-order valence-electron chi connectivity index (χ1n) is 9.04. The Hall–Kier alpha value is -2.28. The molecule has 128 valence electrons. The van der Waals surface area contributed by atoms with Crippen molar-refractivity contribution in [2.24, 2.45) is 11.7 Å². The zero-order valence-corrected chi connectivity index (χ0v) is 14.4. The van der Waals surface area contributed by atoms with Crippen LogP contribution in [-0.2, 0) is 6.42 Å². The van der Waals surface area contributed by atoms with Gasteiger partial charge < -0.3 is 10.5 Å². The summed E-state index contributed by atoms with van der Waals surface area (Å²) in [6.07, 6.45) is 7.88. The Labute approximate surface area is 149 Å². The molecule has 1 aliphatic carbocycles. The van der Waals surface area contributed by atoms with Gasteiger partial charge in [0.25, 0.3) is 0 Å². The molecular weight excluding hydrogens is 308 g/mol. The van der Waals surface area contributed by atoms with Crippen LogP contribution in [0.4, 0.5) is 0 Å². The van der Waals surface area contributed by atoms with Gasteiger partial charge in [0.15, 0.2) is 0 Å². The normalized spacial score (nSPS) is 25.5. The molecule has 2 aliphatic rings. The van der Waals surface area contributed by atoms with E-state index in [4.69, 9.17) is 16.9 Å². The van der Waals surface area contributed by atoms with E-state index in [1.165, 1.54) is 17.5 Å². The molecule has 1 saturated heterocycles. The van der Waals surface area contributed by atoms with Gasteiger partial charge in [-0.25, -0.2) is 0 Å². The maximum Gasteiger partial charge on any atom is 0.140 e. The Morgan fingerprint density at radius 1 is 1.16 bits per heavy atom. The van der Waals surface area contributed by atoms with Gasteiger partial charge in [-0.2, -0.15) is 0 Å². The van der Waals surface area contributed by atoms with Gasteiger partial charge in [-0.15, -0.1) is 6.42 Å². The molecule has 3 atom stereocenters. The first kappa shape index (κ1) is 16.2. The van der Waals surface area contributed by atoms with Crippen LogP contribution >= 0.6 is 0 Å². The summed E-state index contributed by atoms with van der Waals surface area (Å²) in [5, 5.41) is 0. The van der Waals surface area contributed by atoms with Crippen molar-refractivity contribution in [1.29, 1.82) is 0 Å². The molecule has 1 heterocycles. The second-order valence-corrected chi connectivity index (χ2v) is 7.03. The molecule has 4 rings (SSSR count). The quantitative estimate of drug-likeness (QED) is 0.875. The lowest BCUT2D eigenvalue weighted by Gasteiger charge is -2.30. The van der Waals surface area contributed by atoms with Gasteiger partial charge >= 0.3 is 0 Å². The molecule has 3 unspecified atom stereocenters. The summed E-state index contributed by atoms with van der Waals surface area (Å²) < 4.78 is 6.50. The van der Waals surface area contributed by atoms with E-state index < -0.39 is 0 Å². The summed E-state index contributed by atoms with van der Waals surface area (Å²) in [6.45, 7) is 2.92. The standard InChI is InChI=1S/C22H24N2O/c1-2-17-7-4-6-10-21(17)25-22-19-9-5-3-8-18(19)13-20(22)24-12-11-16(14-23)15-24/h1,3-10,16,20,22H,11-15,23H2. The number of benzene rings is 2. The summed E-state index contributed by atoms with van der Waals surface area (Å²) in [5.41, 5.74) is 9.38. The smallest absolute Gasteiger partial charge is 0.140 e. The number of likely N-dealkylation sites (tertiary alicyclic amines) is 1. The number of nitrogens with two attached hydrogens (primary N) is 1. The largest absolute Gasteiger partial charge is 0.483 e. The van der Waals surface area contributed by atoms with E-state index in [2.05, 4.69) is 35.1 Å². The molecule has 25 heavy (non-hydrogen) atoms. The molecule has 0 aromatic heterocycles. The van der Waals surface area contributed by atoms with Crippen LogP contribution < -0.4 is 10.5 Å². The minimum atomic E-state index is 0.0159. The van der Waals surface area contributed by atoms with Crippen LogP contribution in [0.15, 0.2) is 48.5 Å². The first-order valence-corrected chi connectivity index (χ1v) is 9.04. The third kappa shape index (κ3) is 3.04. The van der Waals surface area contributed by atoms with Crippen LogP contribution in [0.5, 0.6) is 5.75 Å². The summed E-state index contributed by atoms with van der Waals surface area (Å²) >= 11 is 0. The lowest BCUT2D eigenvalue weighted by molar-refractivity contribution is 0.0915. The van der Waals surface area contributed by atoms with E-state index >= 15 is 0 Å². The number of terminal acetylenes is 1. The van der Waals surface area contributed by atoms with Gasteiger partial charge in [0.2, 0.25) is 0 Å². The molecule has 0 spiro atoms. The van der Waals surface area contributed by atoms with Crippen LogP contribution in [0.1, 0.15) is 29.2 Å². The summed E-state index contributed by atoms with van der Waals surface area (Å²) in [7, 11) is 0. The molecule has 1 aliphatic heterocycles. The van der Waals surface area contributed by atoms with Crippen molar-refractivity contribution in [2.45, 2.75) is 25.0 Å².